The molecular formula is C10H11ClN2O2. The largest absolute Gasteiger partial charge is 0.481 e. The highest BCUT2D eigenvalue weighted by Crippen LogP contribution is 2.36. The molecule has 0 radical (unpaired) electrons. The summed E-state index contributed by atoms with van der Waals surface area (Å²) in [7, 11) is 0. The van der Waals surface area contributed by atoms with E-state index in [4.69, 9.17) is 11.6 Å². The van der Waals surface area contributed by atoms with Crippen LogP contribution < -0.4 is 0 Å². The minimum absolute atomic E-state index is 0.114. The summed E-state index contributed by atoms with van der Waals surface area (Å²) in [5.74, 6) is -0.849. The molecule has 1 aromatic rings. The number of rotatable bonds is 1. The van der Waals surface area contributed by atoms with E-state index in [1.807, 2.05) is 0 Å². The molecule has 0 aromatic carbocycles. The number of hydrogen-bond acceptors (Lipinski definition) is 3. The number of aliphatic carboxylic acids is 1. The Kier molecular flexibility index (Phi) is 2.38. The Bertz CT molecular complexity index is 422. The quantitative estimate of drug-likeness (QED) is 0.742. The molecule has 2 rings (SSSR count). The molecule has 1 N–H and O–H groups in total. The van der Waals surface area contributed by atoms with Crippen molar-refractivity contribution in [3.63, 3.8) is 0 Å². The molecule has 0 bridgehead atoms. The highest BCUT2D eigenvalue weighted by Gasteiger charge is 2.40. The first-order valence-electron chi connectivity index (χ1n) is 4.79. The average molecular weight is 227 g/mol. The Morgan fingerprint density at radius 1 is 1.67 bits per heavy atom. The summed E-state index contributed by atoms with van der Waals surface area (Å²) in [5.41, 5.74) is 0.553. The Morgan fingerprint density at radius 3 is 3.07 bits per heavy atom. The van der Waals surface area contributed by atoms with Gasteiger partial charge in [-0.1, -0.05) is 0 Å². The normalized spacial score (nSPS) is 24.7. The summed E-state index contributed by atoms with van der Waals surface area (Å²) < 4.78 is 0. The molecule has 0 aliphatic heterocycles. The van der Waals surface area contributed by atoms with Gasteiger partial charge >= 0.3 is 5.97 Å². The van der Waals surface area contributed by atoms with Gasteiger partial charge in [0.05, 0.1) is 5.69 Å². The van der Waals surface area contributed by atoms with E-state index in [1.165, 1.54) is 0 Å². The Hall–Kier alpha value is -1.16. The van der Waals surface area contributed by atoms with Crippen molar-refractivity contribution in [3.8, 4) is 0 Å². The summed E-state index contributed by atoms with van der Waals surface area (Å²) in [6.07, 6.45) is 3.91. The van der Waals surface area contributed by atoms with Crippen molar-refractivity contribution in [2.45, 2.75) is 31.6 Å². The molecule has 0 amide bonds. The third kappa shape index (κ3) is 1.59. The monoisotopic (exact) mass is 226 g/mol. The second kappa shape index (κ2) is 3.45. The molecule has 0 saturated heterocycles. The fourth-order valence-electron chi connectivity index (χ4n) is 2.00. The van der Waals surface area contributed by atoms with Crippen LogP contribution in [0.2, 0.25) is 5.28 Å². The number of nitrogens with zero attached hydrogens (tertiary/aromatic N) is 2. The van der Waals surface area contributed by atoms with E-state index in [0.717, 1.165) is 18.4 Å². The van der Waals surface area contributed by atoms with Crippen LogP contribution in [0, 0.1) is 0 Å². The first-order chi connectivity index (χ1) is 7.04. The van der Waals surface area contributed by atoms with Crippen LogP contribution in [0.4, 0.5) is 0 Å². The minimum Gasteiger partial charge on any atom is -0.481 e. The minimum atomic E-state index is -0.917. The Balaban J connectivity index is 2.59. The van der Waals surface area contributed by atoms with Crippen molar-refractivity contribution in [3.05, 3.63) is 22.7 Å². The smallest absolute Gasteiger partial charge is 0.315 e. The Morgan fingerprint density at radius 2 is 2.40 bits per heavy atom. The van der Waals surface area contributed by atoms with Crippen LogP contribution in [0.1, 0.15) is 31.0 Å². The van der Waals surface area contributed by atoms with E-state index in [1.54, 1.807) is 13.1 Å². The van der Waals surface area contributed by atoms with E-state index in [9.17, 15) is 9.90 Å². The summed E-state index contributed by atoms with van der Waals surface area (Å²) in [6, 6.07) is 0. The number of hydrogen-bond donors (Lipinski definition) is 1. The maximum Gasteiger partial charge on any atom is 0.315 e. The highest BCUT2D eigenvalue weighted by atomic mass is 35.5. The molecular weight excluding hydrogens is 216 g/mol. The SMILES string of the molecule is CC1(C(=O)O)CCCc2cnc(Cl)nc21. The predicted octanol–water partition coefficient (Wildman–Crippen LogP) is 1.81. The molecule has 1 atom stereocenters. The summed E-state index contributed by atoms with van der Waals surface area (Å²) in [4.78, 5) is 19.2. The first-order valence-corrected chi connectivity index (χ1v) is 5.17. The lowest BCUT2D eigenvalue weighted by Crippen LogP contribution is -2.37. The lowest BCUT2D eigenvalue weighted by atomic mass is 9.75. The van der Waals surface area contributed by atoms with Crippen molar-refractivity contribution >= 4 is 17.6 Å². The number of carboxylic acid groups (broad SMARTS) is 1. The van der Waals surface area contributed by atoms with Gasteiger partial charge < -0.3 is 5.11 Å². The zero-order chi connectivity index (χ0) is 11.1. The summed E-state index contributed by atoms with van der Waals surface area (Å²) in [6.45, 7) is 1.69. The van der Waals surface area contributed by atoms with Crippen LogP contribution in [0.3, 0.4) is 0 Å². The second-order valence-electron chi connectivity index (χ2n) is 4.00. The number of carbonyl (C=O) groups is 1. The fourth-order valence-corrected chi connectivity index (χ4v) is 2.14. The third-order valence-electron chi connectivity index (χ3n) is 2.95. The lowest BCUT2D eigenvalue weighted by Gasteiger charge is -2.30. The molecule has 0 fully saturated rings. The van der Waals surface area contributed by atoms with Crippen molar-refractivity contribution in [1.29, 1.82) is 0 Å². The molecule has 4 nitrogen and oxygen atoms in total. The highest BCUT2D eigenvalue weighted by molar-refractivity contribution is 6.28. The van der Waals surface area contributed by atoms with Crippen molar-refractivity contribution < 1.29 is 9.90 Å². The number of carboxylic acids is 1. The maximum atomic E-state index is 11.2. The van der Waals surface area contributed by atoms with Crippen molar-refractivity contribution in [2.24, 2.45) is 0 Å². The van der Waals surface area contributed by atoms with Crippen LogP contribution in [-0.2, 0) is 16.6 Å². The van der Waals surface area contributed by atoms with Gasteiger partial charge in [0.2, 0.25) is 5.28 Å². The number of aryl methyl sites for hydroxylation is 1. The van der Waals surface area contributed by atoms with E-state index in [0.29, 0.717) is 12.1 Å². The number of aromatic nitrogens is 2. The molecule has 1 heterocycles. The Labute approximate surface area is 92.3 Å². The molecule has 0 saturated carbocycles. The van der Waals surface area contributed by atoms with Gasteiger partial charge in [-0.15, -0.1) is 0 Å². The summed E-state index contributed by atoms with van der Waals surface area (Å²) >= 11 is 5.69. The fraction of sp³-hybridized carbons (Fsp3) is 0.500. The van der Waals surface area contributed by atoms with Crippen molar-refractivity contribution in [2.75, 3.05) is 0 Å². The van der Waals surface area contributed by atoms with Gasteiger partial charge in [0.1, 0.15) is 5.41 Å². The first kappa shape index (κ1) is 10.4. The van der Waals surface area contributed by atoms with Gasteiger partial charge in [-0.05, 0) is 43.4 Å². The van der Waals surface area contributed by atoms with Gasteiger partial charge in [0, 0.05) is 6.20 Å². The maximum absolute atomic E-state index is 11.2. The topological polar surface area (TPSA) is 63.1 Å². The zero-order valence-corrected chi connectivity index (χ0v) is 9.08. The van der Waals surface area contributed by atoms with Gasteiger partial charge in [0.15, 0.2) is 0 Å². The van der Waals surface area contributed by atoms with Gasteiger partial charge in [-0.25, -0.2) is 9.97 Å². The van der Waals surface area contributed by atoms with Crippen LogP contribution in [-0.4, -0.2) is 21.0 Å². The average Bonchev–Trinajstić information content (AvgIpc) is 2.19. The third-order valence-corrected chi connectivity index (χ3v) is 3.13. The van der Waals surface area contributed by atoms with Gasteiger partial charge in [-0.3, -0.25) is 4.79 Å². The molecule has 1 aliphatic carbocycles. The zero-order valence-electron chi connectivity index (χ0n) is 8.33. The molecule has 1 aromatic heterocycles. The van der Waals surface area contributed by atoms with Gasteiger partial charge in [0.25, 0.3) is 0 Å². The summed E-state index contributed by atoms with van der Waals surface area (Å²) in [5, 5.41) is 9.35. The molecule has 1 unspecified atom stereocenters. The van der Waals surface area contributed by atoms with E-state index < -0.39 is 11.4 Å². The number of halogens is 1. The van der Waals surface area contributed by atoms with E-state index >= 15 is 0 Å². The number of fused-ring (bicyclic) bond motifs is 1. The second-order valence-corrected chi connectivity index (χ2v) is 4.34. The van der Waals surface area contributed by atoms with Crippen LogP contribution in [0.5, 0.6) is 0 Å². The van der Waals surface area contributed by atoms with Gasteiger partial charge in [-0.2, -0.15) is 0 Å². The molecule has 1 aliphatic rings. The van der Waals surface area contributed by atoms with Crippen LogP contribution in [0.15, 0.2) is 6.20 Å². The van der Waals surface area contributed by atoms with Crippen LogP contribution >= 0.6 is 11.6 Å². The molecule has 15 heavy (non-hydrogen) atoms. The van der Waals surface area contributed by atoms with Crippen LogP contribution in [0.25, 0.3) is 0 Å². The lowest BCUT2D eigenvalue weighted by molar-refractivity contribution is -0.143. The standard InChI is InChI=1S/C10H11ClN2O2/c1-10(8(14)15)4-2-3-6-5-12-9(11)13-7(6)10/h5H,2-4H2,1H3,(H,14,15). The van der Waals surface area contributed by atoms with E-state index in [-0.39, 0.29) is 5.28 Å². The molecule has 0 spiro atoms. The van der Waals surface area contributed by atoms with E-state index in [2.05, 4.69) is 9.97 Å². The molecule has 80 valence electrons. The molecule has 5 heteroatoms. The predicted molar refractivity (Wildman–Crippen MR) is 55.0 cm³/mol. The van der Waals surface area contributed by atoms with Crippen molar-refractivity contribution in [1.82, 2.24) is 9.97 Å².